The lowest BCUT2D eigenvalue weighted by Gasteiger charge is -2.25. The van der Waals surface area contributed by atoms with Crippen molar-refractivity contribution in [2.45, 2.75) is 38.8 Å². The SMILES string of the molecule is CC(=O)CC(C)(C)c1ccc(F)c(C(F)(F)F)c1. The normalized spacial score (nSPS) is 12.6. The summed E-state index contributed by atoms with van der Waals surface area (Å²) in [7, 11) is 0. The van der Waals surface area contributed by atoms with Gasteiger partial charge >= 0.3 is 6.18 Å². The van der Waals surface area contributed by atoms with Gasteiger partial charge in [0, 0.05) is 6.42 Å². The van der Waals surface area contributed by atoms with Crippen LogP contribution in [0.2, 0.25) is 0 Å². The second-order valence-corrected chi connectivity index (χ2v) is 4.96. The molecule has 0 amide bonds. The summed E-state index contributed by atoms with van der Waals surface area (Å²) in [6.45, 7) is 4.68. The fraction of sp³-hybridized carbons (Fsp3) is 0.462. The highest BCUT2D eigenvalue weighted by Gasteiger charge is 2.35. The number of hydrogen-bond donors (Lipinski definition) is 0. The number of ketones is 1. The van der Waals surface area contributed by atoms with Crippen LogP contribution < -0.4 is 0 Å². The number of hydrogen-bond acceptors (Lipinski definition) is 1. The zero-order valence-corrected chi connectivity index (χ0v) is 10.4. The third kappa shape index (κ3) is 3.31. The Morgan fingerprint density at radius 3 is 2.22 bits per heavy atom. The van der Waals surface area contributed by atoms with Crippen molar-refractivity contribution in [1.82, 2.24) is 0 Å². The lowest BCUT2D eigenvalue weighted by atomic mass is 9.80. The largest absolute Gasteiger partial charge is 0.419 e. The second kappa shape index (κ2) is 4.71. The fourth-order valence-electron chi connectivity index (χ4n) is 1.89. The molecule has 0 saturated heterocycles. The topological polar surface area (TPSA) is 17.1 Å². The first kappa shape index (κ1) is 14.7. The molecule has 0 atom stereocenters. The molecule has 1 rings (SSSR count). The highest BCUT2D eigenvalue weighted by molar-refractivity contribution is 5.77. The van der Waals surface area contributed by atoms with E-state index < -0.39 is 23.0 Å². The molecule has 0 unspecified atom stereocenters. The van der Waals surface area contributed by atoms with E-state index in [9.17, 15) is 22.4 Å². The van der Waals surface area contributed by atoms with Gasteiger partial charge in [-0.05, 0) is 30.0 Å². The van der Waals surface area contributed by atoms with Gasteiger partial charge in [-0.2, -0.15) is 13.2 Å². The van der Waals surface area contributed by atoms with Gasteiger partial charge in [0.15, 0.2) is 0 Å². The fourth-order valence-corrected chi connectivity index (χ4v) is 1.89. The van der Waals surface area contributed by atoms with Gasteiger partial charge in [-0.15, -0.1) is 0 Å². The molecule has 1 aromatic carbocycles. The Balaban J connectivity index is 3.24. The number of Topliss-reactive ketones (excluding diaryl/α,β-unsaturated/α-hetero) is 1. The molecule has 100 valence electrons. The molecule has 0 N–H and O–H groups in total. The van der Waals surface area contributed by atoms with Crippen LogP contribution in [0.1, 0.15) is 38.3 Å². The van der Waals surface area contributed by atoms with Crippen molar-refractivity contribution in [2.75, 3.05) is 0 Å². The smallest absolute Gasteiger partial charge is 0.300 e. The Labute approximate surface area is 103 Å². The van der Waals surface area contributed by atoms with E-state index in [1.54, 1.807) is 13.8 Å². The molecule has 0 fully saturated rings. The summed E-state index contributed by atoms with van der Waals surface area (Å²) in [6, 6.07) is 2.85. The number of benzene rings is 1. The first-order chi connectivity index (χ1) is 8.04. The molecule has 0 saturated carbocycles. The van der Waals surface area contributed by atoms with Gasteiger partial charge in [-0.3, -0.25) is 4.79 Å². The maximum absolute atomic E-state index is 13.1. The number of rotatable bonds is 3. The molecule has 0 bridgehead atoms. The molecule has 0 aliphatic carbocycles. The average Bonchev–Trinajstić information content (AvgIpc) is 2.13. The van der Waals surface area contributed by atoms with Crippen LogP contribution in [0.15, 0.2) is 18.2 Å². The van der Waals surface area contributed by atoms with Crippen LogP contribution >= 0.6 is 0 Å². The van der Waals surface area contributed by atoms with Gasteiger partial charge in [0.25, 0.3) is 0 Å². The maximum Gasteiger partial charge on any atom is 0.419 e. The van der Waals surface area contributed by atoms with E-state index in [1.807, 2.05) is 0 Å². The Kier molecular flexibility index (Phi) is 3.84. The van der Waals surface area contributed by atoms with E-state index in [0.717, 1.165) is 12.1 Å². The van der Waals surface area contributed by atoms with Crippen molar-refractivity contribution < 1.29 is 22.4 Å². The summed E-state index contributed by atoms with van der Waals surface area (Å²) in [5, 5.41) is 0. The number of carbonyl (C=O) groups is 1. The Morgan fingerprint density at radius 2 is 1.78 bits per heavy atom. The van der Waals surface area contributed by atoms with E-state index >= 15 is 0 Å². The predicted octanol–water partition coefficient (Wildman–Crippen LogP) is 4.10. The first-order valence-corrected chi connectivity index (χ1v) is 5.41. The summed E-state index contributed by atoms with van der Waals surface area (Å²) in [5.41, 5.74) is -1.75. The minimum Gasteiger partial charge on any atom is -0.300 e. The van der Waals surface area contributed by atoms with Crippen molar-refractivity contribution in [3.8, 4) is 0 Å². The van der Waals surface area contributed by atoms with Crippen LogP contribution in [0.25, 0.3) is 0 Å². The van der Waals surface area contributed by atoms with Crippen molar-refractivity contribution in [1.29, 1.82) is 0 Å². The molecule has 18 heavy (non-hydrogen) atoms. The molecule has 0 aliphatic rings. The van der Waals surface area contributed by atoms with Crippen LogP contribution in [0.4, 0.5) is 17.6 Å². The van der Waals surface area contributed by atoms with Crippen molar-refractivity contribution in [3.63, 3.8) is 0 Å². The molecule has 0 spiro atoms. The highest BCUT2D eigenvalue weighted by Crippen LogP contribution is 2.35. The van der Waals surface area contributed by atoms with Crippen molar-refractivity contribution in [3.05, 3.63) is 35.1 Å². The third-order valence-electron chi connectivity index (χ3n) is 2.74. The summed E-state index contributed by atoms with van der Waals surface area (Å²) in [6.07, 6.45) is -4.62. The Hall–Kier alpha value is -1.39. The van der Waals surface area contributed by atoms with Gasteiger partial charge in [-0.25, -0.2) is 4.39 Å². The maximum atomic E-state index is 13.1. The molecular weight excluding hydrogens is 248 g/mol. The monoisotopic (exact) mass is 262 g/mol. The van der Waals surface area contributed by atoms with E-state index in [2.05, 4.69) is 0 Å². The van der Waals surface area contributed by atoms with Crippen LogP contribution in [0, 0.1) is 5.82 Å². The van der Waals surface area contributed by atoms with E-state index in [0.29, 0.717) is 5.56 Å². The predicted molar refractivity (Wildman–Crippen MR) is 59.7 cm³/mol. The Bertz CT molecular complexity index is 461. The standard InChI is InChI=1S/C13H14F4O/c1-8(18)7-12(2,3)9-4-5-11(14)10(6-9)13(15,16)17/h4-6H,7H2,1-3H3. The molecule has 0 heterocycles. The van der Waals surface area contributed by atoms with Gasteiger partial charge in [0.1, 0.15) is 11.6 Å². The summed E-state index contributed by atoms with van der Waals surface area (Å²) >= 11 is 0. The Morgan fingerprint density at radius 1 is 1.22 bits per heavy atom. The summed E-state index contributed by atoms with van der Waals surface area (Å²) in [5.74, 6) is -1.43. The molecule has 5 heteroatoms. The lowest BCUT2D eigenvalue weighted by molar-refractivity contribution is -0.140. The molecule has 0 aromatic heterocycles. The van der Waals surface area contributed by atoms with Crippen molar-refractivity contribution >= 4 is 5.78 Å². The molecule has 1 aromatic rings. The first-order valence-electron chi connectivity index (χ1n) is 5.41. The number of alkyl halides is 3. The highest BCUT2D eigenvalue weighted by atomic mass is 19.4. The van der Waals surface area contributed by atoms with Gasteiger partial charge in [0.05, 0.1) is 5.56 Å². The van der Waals surface area contributed by atoms with E-state index in [4.69, 9.17) is 0 Å². The van der Waals surface area contributed by atoms with Crippen LogP contribution in [-0.2, 0) is 16.4 Å². The summed E-state index contributed by atoms with van der Waals surface area (Å²) < 4.78 is 50.8. The van der Waals surface area contributed by atoms with E-state index in [-0.39, 0.29) is 12.2 Å². The van der Waals surface area contributed by atoms with E-state index in [1.165, 1.54) is 13.0 Å². The number of halogens is 4. The molecule has 0 radical (unpaired) electrons. The minimum absolute atomic E-state index is 0.107. The lowest BCUT2D eigenvalue weighted by Crippen LogP contribution is -2.22. The van der Waals surface area contributed by atoms with Gasteiger partial charge in [-0.1, -0.05) is 19.9 Å². The molecular formula is C13H14F4O. The number of carbonyl (C=O) groups excluding carboxylic acids is 1. The third-order valence-corrected chi connectivity index (χ3v) is 2.74. The average molecular weight is 262 g/mol. The quantitative estimate of drug-likeness (QED) is 0.749. The zero-order valence-electron chi connectivity index (χ0n) is 10.4. The van der Waals surface area contributed by atoms with Gasteiger partial charge in [0.2, 0.25) is 0 Å². The van der Waals surface area contributed by atoms with Crippen molar-refractivity contribution in [2.24, 2.45) is 0 Å². The van der Waals surface area contributed by atoms with Crippen LogP contribution in [0.5, 0.6) is 0 Å². The minimum atomic E-state index is -4.73. The zero-order chi connectivity index (χ0) is 14.1. The summed E-state index contributed by atoms with van der Waals surface area (Å²) in [4.78, 5) is 11.1. The van der Waals surface area contributed by atoms with Crippen LogP contribution in [-0.4, -0.2) is 5.78 Å². The molecule has 1 nitrogen and oxygen atoms in total. The molecule has 0 aliphatic heterocycles. The van der Waals surface area contributed by atoms with Crippen LogP contribution in [0.3, 0.4) is 0 Å². The second-order valence-electron chi connectivity index (χ2n) is 4.96. The van der Waals surface area contributed by atoms with Gasteiger partial charge < -0.3 is 0 Å².